The zero-order valence-electron chi connectivity index (χ0n) is 9.84. The Kier molecular flexibility index (Phi) is 3.97. The summed E-state index contributed by atoms with van der Waals surface area (Å²) < 4.78 is 0. The third-order valence-electron chi connectivity index (χ3n) is 2.05. The number of likely N-dealkylation sites (N-methyl/N-ethyl adjacent to an activating group) is 1. The van der Waals surface area contributed by atoms with Crippen LogP contribution in [0.15, 0.2) is 12.4 Å². The molecule has 1 aromatic heterocycles. The lowest BCUT2D eigenvalue weighted by atomic mass is 10.3. The molecule has 0 aliphatic rings. The van der Waals surface area contributed by atoms with E-state index in [4.69, 9.17) is 5.11 Å². The van der Waals surface area contributed by atoms with Gasteiger partial charge in [0.05, 0.1) is 12.4 Å². The van der Waals surface area contributed by atoms with Crippen LogP contribution in [0.2, 0.25) is 0 Å². The molecule has 1 amide bonds. The highest BCUT2D eigenvalue weighted by molar-refractivity contribution is 5.85. The van der Waals surface area contributed by atoms with Gasteiger partial charge in [0.15, 0.2) is 5.69 Å². The van der Waals surface area contributed by atoms with Crippen molar-refractivity contribution in [3.8, 4) is 0 Å². The third-order valence-corrected chi connectivity index (χ3v) is 2.05. The van der Waals surface area contributed by atoms with Gasteiger partial charge in [-0.05, 0) is 6.92 Å². The van der Waals surface area contributed by atoms with Crippen LogP contribution in [-0.4, -0.2) is 52.0 Å². The standard InChI is InChI=1S/C10H14N4O3/c1-6(9(15)14(2)3)13-8-5-11-7(4-12-8)10(16)17/h4-6H,1-3H3,(H,12,13)(H,16,17). The van der Waals surface area contributed by atoms with Crippen LogP contribution in [0.4, 0.5) is 5.82 Å². The first-order valence-corrected chi connectivity index (χ1v) is 4.95. The Balaban J connectivity index is 2.69. The number of carbonyl (C=O) groups excluding carboxylic acids is 1. The van der Waals surface area contributed by atoms with E-state index in [0.29, 0.717) is 5.82 Å². The second-order valence-corrected chi connectivity index (χ2v) is 3.69. The zero-order valence-corrected chi connectivity index (χ0v) is 9.84. The number of anilines is 1. The first-order chi connectivity index (χ1) is 7.91. The van der Waals surface area contributed by atoms with Crippen molar-refractivity contribution in [3.05, 3.63) is 18.1 Å². The van der Waals surface area contributed by atoms with Crippen molar-refractivity contribution in [2.45, 2.75) is 13.0 Å². The number of aromatic nitrogens is 2. The number of carbonyl (C=O) groups is 2. The van der Waals surface area contributed by atoms with Crippen molar-refractivity contribution in [1.29, 1.82) is 0 Å². The average Bonchev–Trinajstić information content (AvgIpc) is 2.28. The van der Waals surface area contributed by atoms with Crippen LogP contribution in [0, 0.1) is 0 Å². The van der Waals surface area contributed by atoms with Gasteiger partial charge in [-0.2, -0.15) is 0 Å². The average molecular weight is 238 g/mol. The highest BCUT2D eigenvalue weighted by Gasteiger charge is 2.15. The van der Waals surface area contributed by atoms with Crippen LogP contribution in [0.3, 0.4) is 0 Å². The first kappa shape index (κ1) is 12.9. The number of nitrogens with zero attached hydrogens (tertiary/aromatic N) is 3. The predicted molar refractivity (Wildman–Crippen MR) is 60.8 cm³/mol. The van der Waals surface area contributed by atoms with Crippen LogP contribution in [0.25, 0.3) is 0 Å². The molecular weight excluding hydrogens is 224 g/mol. The summed E-state index contributed by atoms with van der Waals surface area (Å²) >= 11 is 0. The van der Waals surface area contributed by atoms with Gasteiger partial charge in [0.1, 0.15) is 11.9 Å². The topological polar surface area (TPSA) is 95.4 Å². The maximum Gasteiger partial charge on any atom is 0.356 e. The minimum absolute atomic E-state index is 0.103. The number of amides is 1. The van der Waals surface area contributed by atoms with Gasteiger partial charge in [-0.3, -0.25) is 4.79 Å². The summed E-state index contributed by atoms with van der Waals surface area (Å²) in [5.74, 6) is -0.881. The molecule has 17 heavy (non-hydrogen) atoms. The van der Waals surface area contributed by atoms with E-state index in [1.165, 1.54) is 11.1 Å². The Bertz CT molecular complexity index is 416. The van der Waals surface area contributed by atoms with Gasteiger partial charge >= 0.3 is 5.97 Å². The van der Waals surface area contributed by atoms with E-state index in [-0.39, 0.29) is 11.6 Å². The Morgan fingerprint density at radius 3 is 2.41 bits per heavy atom. The molecule has 1 atom stereocenters. The van der Waals surface area contributed by atoms with Crippen molar-refractivity contribution in [3.63, 3.8) is 0 Å². The van der Waals surface area contributed by atoms with Crippen LogP contribution in [0.5, 0.6) is 0 Å². The van der Waals surface area contributed by atoms with Crippen LogP contribution in [-0.2, 0) is 4.79 Å². The van der Waals surface area contributed by atoms with Gasteiger partial charge in [-0.1, -0.05) is 0 Å². The molecule has 0 bridgehead atoms. The van der Waals surface area contributed by atoms with Gasteiger partial charge in [-0.25, -0.2) is 14.8 Å². The monoisotopic (exact) mass is 238 g/mol. The first-order valence-electron chi connectivity index (χ1n) is 4.95. The molecule has 0 saturated carbocycles. The molecule has 0 fully saturated rings. The zero-order chi connectivity index (χ0) is 13.0. The predicted octanol–water partition coefficient (Wildman–Crippen LogP) is 0.0634. The lowest BCUT2D eigenvalue weighted by Gasteiger charge is -2.18. The molecule has 0 saturated heterocycles. The molecule has 0 spiro atoms. The third kappa shape index (κ3) is 3.40. The fraction of sp³-hybridized carbons (Fsp3) is 0.400. The molecule has 7 nitrogen and oxygen atoms in total. The number of carboxylic acids is 1. The van der Waals surface area contributed by atoms with Gasteiger partial charge in [0.25, 0.3) is 0 Å². The number of rotatable bonds is 4. The molecule has 7 heteroatoms. The number of hydrogen-bond acceptors (Lipinski definition) is 5. The Labute approximate surface area is 98.5 Å². The summed E-state index contributed by atoms with van der Waals surface area (Å²) in [4.78, 5) is 31.1. The maximum absolute atomic E-state index is 11.5. The van der Waals surface area contributed by atoms with Crippen LogP contribution in [0.1, 0.15) is 17.4 Å². The lowest BCUT2D eigenvalue weighted by molar-refractivity contribution is -0.129. The smallest absolute Gasteiger partial charge is 0.356 e. The molecule has 1 unspecified atom stereocenters. The molecule has 0 radical (unpaired) electrons. The second kappa shape index (κ2) is 5.24. The van der Waals surface area contributed by atoms with Crippen molar-refractivity contribution < 1.29 is 14.7 Å². The number of aromatic carboxylic acids is 1. The Hall–Kier alpha value is -2.18. The van der Waals surface area contributed by atoms with Gasteiger partial charge in [0.2, 0.25) is 5.91 Å². The molecule has 1 heterocycles. The van der Waals surface area contributed by atoms with E-state index in [1.54, 1.807) is 21.0 Å². The summed E-state index contributed by atoms with van der Waals surface area (Å²) in [6, 6.07) is -0.449. The number of carboxylic acid groups (broad SMARTS) is 1. The highest BCUT2D eigenvalue weighted by Crippen LogP contribution is 2.04. The summed E-state index contributed by atoms with van der Waals surface area (Å²) in [5.41, 5.74) is -0.137. The summed E-state index contributed by atoms with van der Waals surface area (Å²) in [5, 5.41) is 11.5. The number of hydrogen-bond donors (Lipinski definition) is 2. The SMILES string of the molecule is CC(Nc1cnc(C(=O)O)cn1)C(=O)N(C)C. The minimum Gasteiger partial charge on any atom is -0.476 e. The normalized spacial score (nSPS) is 11.7. The van der Waals surface area contributed by atoms with Gasteiger partial charge in [0, 0.05) is 14.1 Å². The van der Waals surface area contributed by atoms with E-state index >= 15 is 0 Å². The molecule has 0 aliphatic heterocycles. The molecule has 0 aliphatic carbocycles. The molecule has 1 aromatic rings. The molecule has 2 N–H and O–H groups in total. The van der Waals surface area contributed by atoms with Crippen molar-refractivity contribution >= 4 is 17.7 Å². The molecule has 0 aromatic carbocycles. The van der Waals surface area contributed by atoms with Gasteiger partial charge < -0.3 is 15.3 Å². The fourth-order valence-corrected chi connectivity index (χ4v) is 1.18. The molecule has 92 valence electrons. The summed E-state index contributed by atoms with van der Waals surface area (Å²) in [7, 11) is 3.30. The lowest BCUT2D eigenvalue weighted by Crippen LogP contribution is -2.36. The van der Waals surface area contributed by atoms with Crippen molar-refractivity contribution in [1.82, 2.24) is 14.9 Å². The van der Waals surface area contributed by atoms with E-state index in [1.807, 2.05) is 0 Å². The highest BCUT2D eigenvalue weighted by atomic mass is 16.4. The van der Waals surface area contributed by atoms with Crippen LogP contribution >= 0.6 is 0 Å². The number of nitrogens with one attached hydrogen (secondary N) is 1. The largest absolute Gasteiger partial charge is 0.476 e. The summed E-state index contributed by atoms with van der Waals surface area (Å²) in [6.07, 6.45) is 2.42. The van der Waals surface area contributed by atoms with E-state index in [2.05, 4.69) is 15.3 Å². The Morgan fingerprint density at radius 2 is 2.00 bits per heavy atom. The summed E-state index contributed by atoms with van der Waals surface area (Å²) in [6.45, 7) is 1.69. The molecular formula is C10H14N4O3. The van der Waals surface area contributed by atoms with Gasteiger partial charge in [-0.15, -0.1) is 0 Å². The van der Waals surface area contributed by atoms with E-state index in [9.17, 15) is 9.59 Å². The van der Waals surface area contributed by atoms with Crippen LogP contribution < -0.4 is 5.32 Å². The Morgan fingerprint density at radius 1 is 1.35 bits per heavy atom. The quantitative estimate of drug-likeness (QED) is 0.770. The second-order valence-electron chi connectivity index (χ2n) is 3.69. The van der Waals surface area contributed by atoms with E-state index < -0.39 is 12.0 Å². The van der Waals surface area contributed by atoms with E-state index in [0.717, 1.165) is 6.20 Å². The van der Waals surface area contributed by atoms with Crippen molar-refractivity contribution in [2.75, 3.05) is 19.4 Å². The minimum atomic E-state index is -1.14. The molecule has 1 rings (SSSR count). The fourth-order valence-electron chi connectivity index (χ4n) is 1.18. The van der Waals surface area contributed by atoms with Crippen molar-refractivity contribution in [2.24, 2.45) is 0 Å². The maximum atomic E-state index is 11.5.